The molecule has 2 N–H and O–H groups in total. The van der Waals surface area contributed by atoms with E-state index in [2.05, 4.69) is 41.7 Å². The van der Waals surface area contributed by atoms with Gasteiger partial charge in [0.2, 0.25) is 0 Å². The Labute approximate surface area is 187 Å². The van der Waals surface area contributed by atoms with E-state index in [4.69, 9.17) is 4.52 Å². The number of carbonyl (C=O) groups is 1. The second kappa shape index (κ2) is 9.04. The van der Waals surface area contributed by atoms with Crippen molar-refractivity contribution in [1.29, 1.82) is 0 Å². The lowest BCUT2D eigenvalue weighted by Crippen LogP contribution is -2.43. The summed E-state index contributed by atoms with van der Waals surface area (Å²) in [6.45, 7) is 12.0. The van der Waals surface area contributed by atoms with E-state index >= 15 is 0 Å². The molecular formula is C23H29N7O2. The van der Waals surface area contributed by atoms with Crippen LogP contribution in [0.15, 0.2) is 35.2 Å². The minimum absolute atomic E-state index is 0.0224. The van der Waals surface area contributed by atoms with Crippen molar-refractivity contribution in [2.75, 3.05) is 31.1 Å². The van der Waals surface area contributed by atoms with E-state index < -0.39 is 0 Å². The lowest BCUT2D eigenvalue weighted by atomic mass is 9.96. The topological polar surface area (TPSA) is 109 Å². The molecule has 0 spiro atoms. The van der Waals surface area contributed by atoms with Gasteiger partial charge in [-0.2, -0.15) is 4.98 Å². The molecule has 0 unspecified atom stereocenters. The van der Waals surface area contributed by atoms with Gasteiger partial charge in [-0.1, -0.05) is 38.1 Å². The van der Waals surface area contributed by atoms with Crippen LogP contribution >= 0.6 is 0 Å². The third-order valence-corrected chi connectivity index (χ3v) is 5.50. The molecule has 1 aliphatic heterocycles. The van der Waals surface area contributed by atoms with Crippen LogP contribution in [0, 0.1) is 6.92 Å². The van der Waals surface area contributed by atoms with Crippen LogP contribution in [0.4, 0.5) is 5.69 Å². The molecule has 0 aliphatic carbocycles. The summed E-state index contributed by atoms with van der Waals surface area (Å²) >= 11 is 0. The van der Waals surface area contributed by atoms with Gasteiger partial charge in [-0.05, 0) is 24.1 Å². The zero-order valence-electron chi connectivity index (χ0n) is 19.0. The van der Waals surface area contributed by atoms with Gasteiger partial charge >= 0.3 is 11.8 Å². The van der Waals surface area contributed by atoms with E-state index in [0.29, 0.717) is 12.4 Å². The van der Waals surface area contributed by atoms with E-state index in [9.17, 15) is 4.79 Å². The first kappa shape index (κ1) is 21.9. The summed E-state index contributed by atoms with van der Waals surface area (Å²) in [6.07, 6.45) is 3.47. The molecule has 9 nitrogen and oxygen atoms in total. The van der Waals surface area contributed by atoms with Crippen LogP contribution in [0.25, 0.3) is 11.3 Å². The summed E-state index contributed by atoms with van der Waals surface area (Å²) in [5.41, 5.74) is 4.78. The lowest BCUT2D eigenvalue weighted by Gasteiger charge is -2.30. The van der Waals surface area contributed by atoms with Gasteiger partial charge in [-0.15, -0.1) is 0 Å². The first-order chi connectivity index (χ1) is 15.3. The van der Waals surface area contributed by atoms with E-state index in [1.54, 1.807) is 6.33 Å². The predicted octanol–water partition coefficient (Wildman–Crippen LogP) is 2.47. The fourth-order valence-electron chi connectivity index (χ4n) is 3.59. The summed E-state index contributed by atoms with van der Waals surface area (Å²) in [4.78, 5) is 27.8. The van der Waals surface area contributed by atoms with Crippen LogP contribution in [0.2, 0.25) is 0 Å². The van der Waals surface area contributed by atoms with Gasteiger partial charge in [0.25, 0.3) is 0 Å². The van der Waals surface area contributed by atoms with E-state index in [1.807, 2.05) is 46.0 Å². The highest BCUT2D eigenvalue weighted by molar-refractivity contribution is 5.89. The van der Waals surface area contributed by atoms with Gasteiger partial charge in [0.15, 0.2) is 5.82 Å². The monoisotopic (exact) mass is 435 g/mol. The molecule has 168 valence electrons. The smallest absolute Gasteiger partial charge is 0.315 e. The van der Waals surface area contributed by atoms with E-state index in [-0.39, 0.29) is 17.2 Å². The molecule has 3 heterocycles. The molecular weight excluding hydrogens is 406 g/mol. The molecule has 32 heavy (non-hydrogen) atoms. The number of nitrogens with zero attached hydrogens (tertiary/aromatic N) is 5. The van der Waals surface area contributed by atoms with Crippen LogP contribution in [0.3, 0.4) is 0 Å². The molecule has 3 aromatic rings. The molecule has 0 saturated carbocycles. The molecule has 1 amide bonds. The summed E-state index contributed by atoms with van der Waals surface area (Å²) in [6, 6.07) is 6.15. The molecule has 1 fully saturated rings. The Balaban J connectivity index is 1.47. The highest BCUT2D eigenvalue weighted by Gasteiger charge is 2.24. The molecule has 0 radical (unpaired) electrons. The molecule has 9 heteroatoms. The van der Waals surface area contributed by atoms with Crippen LogP contribution < -0.4 is 15.5 Å². The van der Waals surface area contributed by atoms with Crippen molar-refractivity contribution in [3.63, 3.8) is 0 Å². The van der Waals surface area contributed by atoms with Crippen molar-refractivity contribution in [3.05, 3.63) is 53.6 Å². The summed E-state index contributed by atoms with van der Waals surface area (Å²) in [5, 5.41) is 10.1. The number of anilines is 1. The van der Waals surface area contributed by atoms with Crippen LogP contribution in [-0.4, -0.2) is 52.2 Å². The zero-order chi connectivity index (χ0) is 22.7. The van der Waals surface area contributed by atoms with Crippen molar-refractivity contribution in [2.45, 2.75) is 39.7 Å². The number of hydrogen-bond donors (Lipinski definition) is 2. The van der Waals surface area contributed by atoms with Crippen molar-refractivity contribution >= 4 is 11.6 Å². The van der Waals surface area contributed by atoms with Crippen LogP contribution in [-0.2, 0) is 12.0 Å². The Kier molecular flexibility index (Phi) is 6.18. The maximum Gasteiger partial charge on any atom is 0.315 e. The zero-order valence-corrected chi connectivity index (χ0v) is 19.0. The minimum Gasteiger partial charge on any atom is -0.366 e. The fourth-order valence-corrected chi connectivity index (χ4v) is 3.59. The average molecular weight is 436 g/mol. The second-order valence-electron chi connectivity index (χ2n) is 8.99. The van der Waals surface area contributed by atoms with Crippen molar-refractivity contribution in [3.8, 4) is 11.3 Å². The predicted molar refractivity (Wildman–Crippen MR) is 121 cm³/mol. The van der Waals surface area contributed by atoms with E-state index in [0.717, 1.165) is 54.3 Å². The first-order valence-electron chi connectivity index (χ1n) is 10.8. The Morgan fingerprint density at radius 1 is 1.25 bits per heavy atom. The Morgan fingerprint density at radius 2 is 2.03 bits per heavy atom. The molecule has 4 rings (SSSR count). The number of amides is 1. The van der Waals surface area contributed by atoms with Crippen molar-refractivity contribution < 1.29 is 9.32 Å². The summed E-state index contributed by atoms with van der Waals surface area (Å²) < 4.78 is 5.12. The number of piperazine rings is 1. The number of aryl methyl sites for hydroxylation is 1. The number of aromatic nitrogens is 4. The third-order valence-electron chi connectivity index (χ3n) is 5.50. The quantitative estimate of drug-likeness (QED) is 0.629. The Morgan fingerprint density at radius 3 is 2.72 bits per heavy atom. The van der Waals surface area contributed by atoms with Gasteiger partial charge in [-0.25, -0.2) is 9.97 Å². The molecule has 2 aromatic heterocycles. The first-order valence-corrected chi connectivity index (χ1v) is 10.8. The van der Waals surface area contributed by atoms with Crippen LogP contribution in [0.1, 0.15) is 48.4 Å². The maximum atomic E-state index is 12.4. The average Bonchev–Trinajstić information content (AvgIpc) is 3.30. The fraction of sp³-hybridized carbons (Fsp3) is 0.435. The number of carbonyl (C=O) groups excluding carboxylic acids is 1. The SMILES string of the molecule is Cc1cc(-c2ncncc2N2CCNCC2)ccc1CNC(=O)c1nc(C(C)(C)C)no1. The van der Waals surface area contributed by atoms with Gasteiger partial charge in [0.1, 0.15) is 6.33 Å². The molecule has 0 atom stereocenters. The highest BCUT2D eigenvalue weighted by atomic mass is 16.5. The molecule has 1 aromatic carbocycles. The molecule has 1 saturated heterocycles. The normalized spacial score (nSPS) is 14.4. The van der Waals surface area contributed by atoms with Gasteiger partial charge in [0, 0.05) is 43.7 Å². The molecule has 0 bridgehead atoms. The van der Waals surface area contributed by atoms with Crippen LogP contribution in [0.5, 0.6) is 0 Å². The van der Waals surface area contributed by atoms with Gasteiger partial charge in [-0.3, -0.25) is 4.79 Å². The number of hydrogen-bond acceptors (Lipinski definition) is 8. The van der Waals surface area contributed by atoms with Crippen molar-refractivity contribution in [2.24, 2.45) is 0 Å². The Bertz CT molecular complexity index is 1100. The Hall–Kier alpha value is -3.33. The lowest BCUT2D eigenvalue weighted by molar-refractivity contribution is 0.0907. The second-order valence-corrected chi connectivity index (χ2v) is 8.99. The summed E-state index contributed by atoms with van der Waals surface area (Å²) in [5.74, 6) is 0.104. The number of benzene rings is 1. The minimum atomic E-state index is -0.381. The standard InChI is InChI=1S/C23H29N7O2/c1-15-11-16(19-18(13-25-14-27-19)30-9-7-24-8-10-30)5-6-17(15)12-26-20(31)21-28-22(29-32-21)23(2,3)4/h5-6,11,13-14,24H,7-10,12H2,1-4H3,(H,26,31). The highest BCUT2D eigenvalue weighted by Crippen LogP contribution is 2.29. The molecule has 1 aliphatic rings. The van der Waals surface area contributed by atoms with Gasteiger partial charge in [0.05, 0.1) is 17.6 Å². The number of rotatable bonds is 5. The van der Waals surface area contributed by atoms with Gasteiger partial charge < -0.3 is 20.1 Å². The third kappa shape index (κ3) is 4.77. The van der Waals surface area contributed by atoms with Crippen molar-refractivity contribution in [1.82, 2.24) is 30.7 Å². The maximum absolute atomic E-state index is 12.4. The largest absolute Gasteiger partial charge is 0.366 e. The van der Waals surface area contributed by atoms with E-state index in [1.165, 1.54) is 0 Å². The number of nitrogens with one attached hydrogen (secondary N) is 2. The summed E-state index contributed by atoms with van der Waals surface area (Å²) in [7, 11) is 0.